The molecule has 2 aromatic carbocycles. The summed E-state index contributed by atoms with van der Waals surface area (Å²) in [6.07, 6.45) is 0.367. The van der Waals surface area contributed by atoms with Crippen LogP contribution in [-0.2, 0) is 4.79 Å². The van der Waals surface area contributed by atoms with Crippen molar-refractivity contribution in [2.24, 2.45) is 0 Å². The van der Waals surface area contributed by atoms with E-state index < -0.39 is 0 Å². The van der Waals surface area contributed by atoms with Gasteiger partial charge in [-0.2, -0.15) is 0 Å². The number of hydrogen-bond acceptors (Lipinski definition) is 4. The highest BCUT2D eigenvalue weighted by Gasteiger charge is 2.36. The molecule has 1 unspecified atom stereocenters. The van der Waals surface area contributed by atoms with Crippen LogP contribution in [0.5, 0.6) is 0 Å². The van der Waals surface area contributed by atoms with Crippen molar-refractivity contribution in [2.75, 3.05) is 26.2 Å². The van der Waals surface area contributed by atoms with Crippen LogP contribution in [0.4, 0.5) is 0 Å². The van der Waals surface area contributed by atoms with Gasteiger partial charge in [-0.1, -0.05) is 42.5 Å². The Hall–Kier alpha value is -2.99. The SMILES string of the molecule is O=C1CC(c2ccccc2)N(CCN2C(=O)c3ccccc3C2=O)CCN1. The number of benzene rings is 2. The van der Waals surface area contributed by atoms with Gasteiger partial charge in [0.25, 0.3) is 11.8 Å². The zero-order valence-electron chi connectivity index (χ0n) is 14.9. The molecule has 2 aromatic rings. The Morgan fingerprint density at radius 3 is 2.15 bits per heavy atom. The molecule has 0 aliphatic carbocycles. The molecule has 0 bridgehead atoms. The number of imide groups is 1. The van der Waals surface area contributed by atoms with Crippen molar-refractivity contribution in [1.29, 1.82) is 0 Å². The second kappa shape index (κ2) is 7.32. The standard InChI is InChI=1S/C21H21N3O3/c25-19-14-18(15-6-2-1-3-7-15)23(11-10-22-19)12-13-24-20(26)16-8-4-5-9-17(16)21(24)27/h1-9,18H,10-14H2,(H,22,25). The quantitative estimate of drug-likeness (QED) is 0.842. The Morgan fingerprint density at radius 1 is 0.852 bits per heavy atom. The fraction of sp³-hybridized carbons (Fsp3) is 0.286. The summed E-state index contributed by atoms with van der Waals surface area (Å²) >= 11 is 0. The molecular weight excluding hydrogens is 342 g/mol. The molecule has 138 valence electrons. The molecule has 4 rings (SSSR count). The minimum atomic E-state index is -0.240. The number of hydrogen-bond donors (Lipinski definition) is 1. The largest absolute Gasteiger partial charge is 0.355 e. The Balaban J connectivity index is 1.51. The lowest BCUT2D eigenvalue weighted by molar-refractivity contribution is -0.121. The van der Waals surface area contributed by atoms with E-state index in [2.05, 4.69) is 10.2 Å². The minimum Gasteiger partial charge on any atom is -0.355 e. The van der Waals surface area contributed by atoms with E-state index in [0.29, 0.717) is 43.7 Å². The molecule has 0 spiro atoms. The van der Waals surface area contributed by atoms with E-state index in [1.165, 1.54) is 4.90 Å². The lowest BCUT2D eigenvalue weighted by Gasteiger charge is -2.30. The van der Waals surface area contributed by atoms with Crippen molar-refractivity contribution >= 4 is 17.7 Å². The predicted molar refractivity (Wildman–Crippen MR) is 100 cm³/mol. The Labute approximate surface area is 157 Å². The van der Waals surface area contributed by atoms with Gasteiger partial charge in [-0.05, 0) is 17.7 Å². The first-order valence-electron chi connectivity index (χ1n) is 9.16. The first kappa shape index (κ1) is 17.4. The van der Waals surface area contributed by atoms with E-state index in [4.69, 9.17) is 0 Å². The molecule has 2 aliphatic heterocycles. The summed E-state index contributed by atoms with van der Waals surface area (Å²) in [6.45, 7) is 2.07. The van der Waals surface area contributed by atoms with Crippen LogP contribution in [0.15, 0.2) is 54.6 Å². The number of rotatable bonds is 4. The van der Waals surface area contributed by atoms with Crippen LogP contribution in [0.25, 0.3) is 0 Å². The number of fused-ring (bicyclic) bond motifs is 1. The van der Waals surface area contributed by atoms with Crippen LogP contribution < -0.4 is 5.32 Å². The molecule has 1 fully saturated rings. The molecule has 6 heteroatoms. The second-order valence-electron chi connectivity index (χ2n) is 6.82. The molecule has 0 aromatic heterocycles. The Kier molecular flexibility index (Phi) is 4.73. The molecular formula is C21H21N3O3. The summed E-state index contributed by atoms with van der Waals surface area (Å²) in [4.78, 5) is 40.7. The third kappa shape index (κ3) is 3.36. The van der Waals surface area contributed by atoms with Crippen LogP contribution in [0.1, 0.15) is 38.7 Å². The normalized spacial score (nSPS) is 20.4. The molecule has 1 N–H and O–H groups in total. The molecule has 2 aliphatic rings. The van der Waals surface area contributed by atoms with Crippen molar-refractivity contribution in [3.63, 3.8) is 0 Å². The smallest absolute Gasteiger partial charge is 0.261 e. The number of nitrogens with zero attached hydrogens (tertiary/aromatic N) is 2. The van der Waals surface area contributed by atoms with Crippen LogP contribution in [0.3, 0.4) is 0 Å². The summed E-state index contributed by atoms with van der Waals surface area (Å²) in [5, 5.41) is 2.91. The number of carbonyl (C=O) groups excluding carboxylic acids is 3. The molecule has 0 radical (unpaired) electrons. The predicted octanol–water partition coefficient (Wildman–Crippen LogP) is 1.85. The summed E-state index contributed by atoms with van der Waals surface area (Å²) in [7, 11) is 0. The monoisotopic (exact) mass is 363 g/mol. The third-order valence-corrected chi connectivity index (χ3v) is 5.21. The zero-order valence-corrected chi connectivity index (χ0v) is 14.9. The van der Waals surface area contributed by atoms with Crippen molar-refractivity contribution in [2.45, 2.75) is 12.5 Å². The average molecular weight is 363 g/mol. The maximum Gasteiger partial charge on any atom is 0.261 e. The molecule has 0 saturated carbocycles. The zero-order chi connectivity index (χ0) is 18.8. The van der Waals surface area contributed by atoms with Crippen molar-refractivity contribution in [3.05, 3.63) is 71.3 Å². The van der Waals surface area contributed by atoms with Crippen molar-refractivity contribution < 1.29 is 14.4 Å². The molecule has 3 amide bonds. The first-order valence-corrected chi connectivity index (χ1v) is 9.16. The van der Waals surface area contributed by atoms with Gasteiger partial charge in [0.2, 0.25) is 5.91 Å². The van der Waals surface area contributed by atoms with Gasteiger partial charge in [0, 0.05) is 38.6 Å². The molecule has 1 atom stereocenters. The van der Waals surface area contributed by atoms with Gasteiger partial charge in [-0.25, -0.2) is 0 Å². The van der Waals surface area contributed by atoms with Gasteiger partial charge in [-0.15, -0.1) is 0 Å². The number of nitrogens with one attached hydrogen (secondary N) is 1. The topological polar surface area (TPSA) is 69.7 Å². The van der Waals surface area contributed by atoms with Gasteiger partial charge < -0.3 is 5.32 Å². The molecule has 6 nitrogen and oxygen atoms in total. The Morgan fingerprint density at radius 2 is 1.48 bits per heavy atom. The lowest BCUT2D eigenvalue weighted by Crippen LogP contribution is -2.40. The van der Waals surface area contributed by atoms with Crippen LogP contribution in [-0.4, -0.2) is 53.7 Å². The van der Waals surface area contributed by atoms with E-state index in [1.54, 1.807) is 24.3 Å². The van der Waals surface area contributed by atoms with Gasteiger partial charge in [-0.3, -0.25) is 24.2 Å². The summed E-state index contributed by atoms with van der Waals surface area (Å²) in [6, 6.07) is 16.7. The highest BCUT2D eigenvalue weighted by atomic mass is 16.2. The second-order valence-corrected chi connectivity index (χ2v) is 6.82. The van der Waals surface area contributed by atoms with E-state index in [1.807, 2.05) is 30.3 Å². The number of carbonyl (C=O) groups is 3. The lowest BCUT2D eigenvalue weighted by atomic mass is 10.0. The van der Waals surface area contributed by atoms with E-state index in [9.17, 15) is 14.4 Å². The summed E-state index contributed by atoms with van der Waals surface area (Å²) in [5.74, 6) is -0.459. The van der Waals surface area contributed by atoms with Crippen LogP contribution in [0.2, 0.25) is 0 Å². The van der Waals surface area contributed by atoms with Gasteiger partial charge in [0.05, 0.1) is 11.1 Å². The molecule has 1 saturated heterocycles. The summed E-state index contributed by atoms with van der Waals surface area (Å²) < 4.78 is 0. The summed E-state index contributed by atoms with van der Waals surface area (Å²) in [5.41, 5.74) is 2.00. The van der Waals surface area contributed by atoms with E-state index in [-0.39, 0.29) is 23.8 Å². The third-order valence-electron chi connectivity index (χ3n) is 5.21. The van der Waals surface area contributed by atoms with E-state index >= 15 is 0 Å². The minimum absolute atomic E-state index is 0.0204. The van der Waals surface area contributed by atoms with Crippen molar-refractivity contribution in [3.8, 4) is 0 Å². The van der Waals surface area contributed by atoms with Gasteiger partial charge >= 0.3 is 0 Å². The maximum absolute atomic E-state index is 12.6. The highest BCUT2D eigenvalue weighted by Crippen LogP contribution is 2.27. The molecule has 27 heavy (non-hydrogen) atoms. The Bertz CT molecular complexity index is 846. The fourth-order valence-corrected chi connectivity index (χ4v) is 3.81. The fourth-order valence-electron chi connectivity index (χ4n) is 3.81. The van der Waals surface area contributed by atoms with E-state index in [0.717, 1.165) is 5.56 Å². The van der Waals surface area contributed by atoms with Crippen LogP contribution >= 0.6 is 0 Å². The van der Waals surface area contributed by atoms with Crippen LogP contribution in [0, 0.1) is 0 Å². The highest BCUT2D eigenvalue weighted by molar-refractivity contribution is 6.21. The molecule has 2 heterocycles. The average Bonchev–Trinajstić information content (AvgIpc) is 2.83. The van der Waals surface area contributed by atoms with Gasteiger partial charge in [0.1, 0.15) is 0 Å². The van der Waals surface area contributed by atoms with Crippen molar-refractivity contribution in [1.82, 2.24) is 15.1 Å². The first-order chi connectivity index (χ1) is 13.1. The van der Waals surface area contributed by atoms with Gasteiger partial charge in [0.15, 0.2) is 0 Å². The maximum atomic E-state index is 12.6. The number of amides is 3.